The topological polar surface area (TPSA) is 87.3 Å². The first-order valence-corrected chi connectivity index (χ1v) is 14.0. The summed E-state index contributed by atoms with van der Waals surface area (Å²) in [5, 5.41) is 12.6. The summed E-state index contributed by atoms with van der Waals surface area (Å²) in [4.78, 5) is 32.0. The molecule has 1 aliphatic carbocycles. The van der Waals surface area contributed by atoms with E-state index in [0.29, 0.717) is 28.1 Å². The van der Waals surface area contributed by atoms with E-state index in [4.69, 9.17) is 9.72 Å². The van der Waals surface area contributed by atoms with Crippen LogP contribution in [-0.2, 0) is 18.6 Å². The molecule has 2 heterocycles. The Morgan fingerprint density at radius 1 is 1.22 bits per heavy atom. The summed E-state index contributed by atoms with van der Waals surface area (Å²) in [6.45, 7) is 6.86. The molecule has 2 aromatic carbocycles. The lowest BCUT2D eigenvalue weighted by Crippen LogP contribution is -2.27. The fourth-order valence-electron chi connectivity index (χ4n) is 4.98. The molecule has 9 heteroatoms. The molecule has 0 saturated carbocycles. The molecule has 0 fully saturated rings. The number of fused-ring (bicyclic) bond motifs is 3. The van der Waals surface area contributed by atoms with Gasteiger partial charge < -0.3 is 4.74 Å². The molecular weight excluding hydrogens is 506 g/mol. The molecule has 4 aromatic rings. The van der Waals surface area contributed by atoms with Gasteiger partial charge in [-0.15, -0.1) is 11.3 Å². The normalized spacial score (nSPS) is 15.5. The van der Waals surface area contributed by atoms with E-state index in [1.807, 2.05) is 30.3 Å². The van der Waals surface area contributed by atoms with E-state index < -0.39 is 4.92 Å². The van der Waals surface area contributed by atoms with E-state index in [-0.39, 0.29) is 16.7 Å². The molecular formula is C28H29N3O4S2. The highest BCUT2D eigenvalue weighted by atomic mass is 32.2. The second-order valence-corrected chi connectivity index (χ2v) is 12.4. The molecule has 0 saturated heterocycles. The molecule has 2 aromatic heterocycles. The number of aryl methyl sites for hydroxylation is 1. The molecule has 0 radical (unpaired) electrons. The van der Waals surface area contributed by atoms with E-state index in [2.05, 4.69) is 20.8 Å². The fourth-order valence-corrected chi connectivity index (χ4v) is 7.31. The highest BCUT2D eigenvalue weighted by Gasteiger charge is 2.32. The zero-order chi connectivity index (χ0) is 26.3. The molecule has 0 aliphatic heterocycles. The van der Waals surface area contributed by atoms with Crippen LogP contribution in [0.25, 0.3) is 15.9 Å². The van der Waals surface area contributed by atoms with Crippen molar-refractivity contribution in [3.63, 3.8) is 0 Å². The maximum absolute atomic E-state index is 14.0. The molecule has 7 nitrogen and oxygen atoms in total. The van der Waals surface area contributed by atoms with Gasteiger partial charge in [0, 0.05) is 28.3 Å². The van der Waals surface area contributed by atoms with Crippen LogP contribution in [0.1, 0.15) is 43.2 Å². The number of thioether (sulfide) groups is 1. The lowest BCUT2D eigenvalue weighted by molar-refractivity contribution is -0.384. The van der Waals surface area contributed by atoms with E-state index in [9.17, 15) is 14.9 Å². The Labute approximate surface area is 223 Å². The second-order valence-electron chi connectivity index (χ2n) is 10.4. The first-order chi connectivity index (χ1) is 17.7. The largest absolute Gasteiger partial charge is 0.496 e. The third kappa shape index (κ3) is 4.90. The summed E-state index contributed by atoms with van der Waals surface area (Å²) >= 11 is 3.02. The third-order valence-corrected chi connectivity index (χ3v) is 9.26. The highest BCUT2D eigenvalue weighted by molar-refractivity contribution is 7.98. The van der Waals surface area contributed by atoms with Gasteiger partial charge in [-0.3, -0.25) is 19.5 Å². The van der Waals surface area contributed by atoms with Crippen molar-refractivity contribution in [2.24, 2.45) is 11.3 Å². The van der Waals surface area contributed by atoms with E-state index >= 15 is 0 Å². The van der Waals surface area contributed by atoms with Crippen molar-refractivity contribution < 1.29 is 9.66 Å². The zero-order valence-electron chi connectivity index (χ0n) is 21.3. The number of aromatic nitrogens is 2. The lowest BCUT2D eigenvalue weighted by atomic mass is 9.72. The van der Waals surface area contributed by atoms with E-state index in [0.717, 1.165) is 40.7 Å². The van der Waals surface area contributed by atoms with E-state index in [1.54, 1.807) is 29.1 Å². The van der Waals surface area contributed by atoms with Gasteiger partial charge in [-0.25, -0.2) is 4.98 Å². The van der Waals surface area contributed by atoms with Crippen LogP contribution >= 0.6 is 23.1 Å². The molecule has 0 unspecified atom stereocenters. The van der Waals surface area contributed by atoms with Gasteiger partial charge in [-0.1, -0.05) is 50.7 Å². The Hall–Kier alpha value is -3.17. The van der Waals surface area contributed by atoms with Crippen LogP contribution in [0.5, 0.6) is 5.75 Å². The van der Waals surface area contributed by atoms with Crippen molar-refractivity contribution >= 4 is 39.0 Å². The molecule has 1 atom stereocenters. The molecule has 0 spiro atoms. The van der Waals surface area contributed by atoms with Crippen LogP contribution in [0.4, 0.5) is 5.69 Å². The van der Waals surface area contributed by atoms with Gasteiger partial charge in [0.25, 0.3) is 11.2 Å². The molecule has 0 N–H and O–H groups in total. The third-order valence-electron chi connectivity index (χ3n) is 7.12. The van der Waals surface area contributed by atoms with Crippen molar-refractivity contribution in [3.05, 3.63) is 85.0 Å². The number of rotatable bonds is 6. The first kappa shape index (κ1) is 25.5. The number of methoxy groups -OCH3 is 1. The van der Waals surface area contributed by atoms with Gasteiger partial charge in [0.15, 0.2) is 5.16 Å². The molecule has 0 amide bonds. The maximum atomic E-state index is 14.0. The smallest absolute Gasteiger partial charge is 0.270 e. The summed E-state index contributed by atoms with van der Waals surface area (Å²) in [5.74, 6) is 1.50. The summed E-state index contributed by atoms with van der Waals surface area (Å²) in [5.41, 5.74) is 2.73. The number of non-ortho nitro benzene ring substituents is 1. The van der Waals surface area contributed by atoms with Crippen LogP contribution in [0, 0.1) is 21.4 Å². The van der Waals surface area contributed by atoms with Gasteiger partial charge >= 0.3 is 0 Å². The number of nitro benzene ring substituents is 1. The summed E-state index contributed by atoms with van der Waals surface area (Å²) < 4.78 is 7.13. The second kappa shape index (κ2) is 9.95. The van der Waals surface area contributed by atoms with Gasteiger partial charge in [0.1, 0.15) is 10.6 Å². The maximum Gasteiger partial charge on any atom is 0.270 e. The van der Waals surface area contributed by atoms with Crippen molar-refractivity contribution in [1.82, 2.24) is 9.55 Å². The SMILES string of the molecule is COc1ccc([N+](=O)[O-])cc1CSc1nc2sc3c(c2c(=O)n1-c1ccccc1)CC[C@@H](C(C)(C)C)C3. The number of nitrogens with zero attached hydrogens (tertiary/aromatic N) is 3. The van der Waals surface area contributed by atoms with Crippen LogP contribution in [0.15, 0.2) is 58.5 Å². The Morgan fingerprint density at radius 2 is 1.97 bits per heavy atom. The Bertz CT molecular complexity index is 1540. The van der Waals surface area contributed by atoms with Crippen LogP contribution in [0.3, 0.4) is 0 Å². The highest BCUT2D eigenvalue weighted by Crippen LogP contribution is 2.42. The molecule has 0 bridgehead atoms. The zero-order valence-corrected chi connectivity index (χ0v) is 22.9. The minimum atomic E-state index is -0.418. The minimum absolute atomic E-state index is 0.000374. The average molecular weight is 536 g/mol. The fraction of sp³-hybridized carbons (Fsp3) is 0.357. The minimum Gasteiger partial charge on any atom is -0.496 e. The standard InChI is InChI=1S/C28H29N3O4S2/c1-28(2,3)18-10-12-21-23(15-18)37-25-24(21)26(32)30(19-8-6-5-7-9-19)27(29-25)36-16-17-14-20(31(33)34)11-13-22(17)35-4/h5-9,11,13-14,18H,10,12,15-16H2,1-4H3/t18-/m1/s1. The van der Waals surface area contributed by atoms with Crippen LogP contribution in [-0.4, -0.2) is 21.6 Å². The first-order valence-electron chi connectivity index (χ1n) is 12.2. The van der Waals surface area contributed by atoms with Crippen molar-refractivity contribution in [2.45, 2.75) is 50.9 Å². The number of para-hydroxylation sites is 1. The predicted octanol–water partition coefficient (Wildman–Crippen LogP) is 6.81. The Kier molecular flexibility index (Phi) is 6.85. The summed E-state index contributed by atoms with van der Waals surface area (Å²) in [6, 6.07) is 14.1. The lowest BCUT2D eigenvalue weighted by Gasteiger charge is -2.33. The predicted molar refractivity (Wildman–Crippen MR) is 149 cm³/mol. The summed E-state index contributed by atoms with van der Waals surface area (Å²) in [7, 11) is 1.54. The van der Waals surface area contributed by atoms with Crippen LogP contribution < -0.4 is 10.3 Å². The average Bonchev–Trinajstić information content (AvgIpc) is 3.25. The molecule has 192 valence electrons. The van der Waals surface area contributed by atoms with Crippen molar-refractivity contribution in [1.29, 1.82) is 0 Å². The van der Waals surface area contributed by atoms with Crippen molar-refractivity contribution in [3.8, 4) is 11.4 Å². The number of ether oxygens (including phenoxy) is 1. The Balaban J connectivity index is 1.61. The molecule has 1 aliphatic rings. The monoisotopic (exact) mass is 535 g/mol. The van der Waals surface area contributed by atoms with Gasteiger partial charge in [0.2, 0.25) is 0 Å². The van der Waals surface area contributed by atoms with Gasteiger partial charge in [-0.2, -0.15) is 0 Å². The number of benzene rings is 2. The van der Waals surface area contributed by atoms with Crippen LogP contribution in [0.2, 0.25) is 0 Å². The number of nitro groups is 1. The number of hydrogen-bond donors (Lipinski definition) is 0. The van der Waals surface area contributed by atoms with E-state index in [1.165, 1.54) is 28.8 Å². The number of hydrogen-bond acceptors (Lipinski definition) is 7. The summed E-state index contributed by atoms with van der Waals surface area (Å²) in [6.07, 6.45) is 2.93. The van der Waals surface area contributed by atoms with Crippen molar-refractivity contribution in [2.75, 3.05) is 7.11 Å². The number of thiophene rings is 1. The molecule has 5 rings (SSSR count). The Morgan fingerprint density at radius 3 is 2.65 bits per heavy atom. The quantitative estimate of drug-likeness (QED) is 0.117. The van der Waals surface area contributed by atoms with Gasteiger partial charge in [0.05, 0.1) is 23.1 Å². The van der Waals surface area contributed by atoms with Gasteiger partial charge in [-0.05, 0) is 54.4 Å². The molecule has 37 heavy (non-hydrogen) atoms.